The maximum atomic E-state index is 14.3. The third-order valence-corrected chi connectivity index (χ3v) is 3.69. The molecule has 0 spiro atoms. The van der Waals surface area contributed by atoms with E-state index in [1.54, 1.807) is 6.92 Å². The van der Waals surface area contributed by atoms with Gasteiger partial charge in [-0.1, -0.05) is 6.58 Å². The van der Waals surface area contributed by atoms with Crippen LogP contribution in [-0.2, 0) is 5.79 Å². The molecule has 0 aliphatic carbocycles. The summed E-state index contributed by atoms with van der Waals surface area (Å²) >= 11 is 3.24. The molecule has 0 aliphatic heterocycles. The molecule has 0 radical (unpaired) electrons. The van der Waals surface area contributed by atoms with Crippen molar-refractivity contribution in [2.45, 2.75) is 32.2 Å². The van der Waals surface area contributed by atoms with Gasteiger partial charge in [-0.3, -0.25) is 4.98 Å². The molecule has 0 amide bonds. The molecule has 1 atom stereocenters. The highest BCUT2D eigenvalue weighted by molar-refractivity contribution is 9.10. The van der Waals surface area contributed by atoms with Crippen molar-refractivity contribution in [1.82, 2.24) is 4.98 Å². The van der Waals surface area contributed by atoms with Gasteiger partial charge in [-0.15, -0.1) is 0 Å². The van der Waals surface area contributed by atoms with Crippen LogP contribution in [0.3, 0.4) is 0 Å². The molecule has 0 fully saturated rings. The topological polar surface area (TPSA) is 53.4 Å². The lowest BCUT2D eigenvalue weighted by Gasteiger charge is -2.34. The molecular weight excluding hydrogens is 289 g/mol. The maximum absolute atomic E-state index is 14.3. The Morgan fingerprint density at radius 1 is 1.53 bits per heavy atom. The molecule has 94 valence electrons. The summed E-state index contributed by atoms with van der Waals surface area (Å²) in [5.74, 6) is -2.70. The van der Waals surface area contributed by atoms with Crippen LogP contribution in [0.4, 0.5) is 4.39 Å². The smallest absolute Gasteiger partial charge is 0.246 e. The first-order valence-corrected chi connectivity index (χ1v) is 5.82. The van der Waals surface area contributed by atoms with Gasteiger partial charge >= 0.3 is 0 Å². The summed E-state index contributed by atoms with van der Waals surface area (Å²) in [6.45, 7) is 7.64. The van der Waals surface area contributed by atoms with Crippen LogP contribution in [0.5, 0.6) is 0 Å². The number of aryl methyl sites for hydroxylation is 1. The van der Waals surface area contributed by atoms with Crippen LogP contribution in [0.15, 0.2) is 28.9 Å². The first-order valence-electron chi connectivity index (χ1n) is 5.03. The summed E-state index contributed by atoms with van der Waals surface area (Å²) in [4.78, 5) is 3.83. The van der Waals surface area contributed by atoms with Gasteiger partial charge in [0.05, 0.1) is 0 Å². The molecule has 0 saturated heterocycles. The highest BCUT2D eigenvalue weighted by Gasteiger charge is 2.50. The number of aliphatic hydroxyl groups is 2. The van der Waals surface area contributed by atoms with E-state index in [0.717, 1.165) is 12.5 Å². The predicted molar refractivity (Wildman–Crippen MR) is 67.1 cm³/mol. The number of hydrogen-bond acceptors (Lipinski definition) is 3. The Bertz CT molecular complexity index is 458. The average molecular weight is 304 g/mol. The second kappa shape index (κ2) is 4.48. The molecule has 0 bridgehead atoms. The fraction of sp³-hybridized carbons (Fsp3) is 0.417. The van der Waals surface area contributed by atoms with Gasteiger partial charge in [-0.25, -0.2) is 4.39 Å². The molecule has 1 heterocycles. The number of hydrogen-bond donors (Lipinski definition) is 2. The second-order valence-electron chi connectivity index (χ2n) is 4.27. The SMILES string of the molecule is C=C(C)C(C)(F)C(O)(O)c1cc(C)c(Br)cn1. The molecule has 1 aromatic heterocycles. The van der Waals surface area contributed by atoms with E-state index in [1.807, 2.05) is 0 Å². The Kier molecular flexibility index (Phi) is 3.76. The fourth-order valence-corrected chi connectivity index (χ4v) is 1.48. The molecule has 0 aliphatic rings. The minimum Gasteiger partial charge on any atom is -0.358 e. The van der Waals surface area contributed by atoms with Crippen LogP contribution < -0.4 is 0 Å². The third-order valence-electron chi connectivity index (χ3n) is 2.86. The van der Waals surface area contributed by atoms with E-state index in [0.29, 0.717) is 4.47 Å². The standard InChI is InChI=1S/C12H15BrFNO2/c1-7(2)11(4,14)12(16,17)10-5-8(3)9(13)6-15-10/h5-6,16-17H,1H2,2-4H3. The maximum Gasteiger partial charge on any atom is 0.246 e. The number of aromatic nitrogens is 1. The van der Waals surface area contributed by atoms with Crippen LogP contribution in [0.25, 0.3) is 0 Å². The van der Waals surface area contributed by atoms with Gasteiger partial charge in [0.1, 0.15) is 5.69 Å². The summed E-state index contributed by atoms with van der Waals surface area (Å²) in [6.07, 6.45) is 1.40. The summed E-state index contributed by atoms with van der Waals surface area (Å²) in [5, 5.41) is 19.9. The minimum absolute atomic E-state index is 0.0184. The van der Waals surface area contributed by atoms with E-state index in [9.17, 15) is 14.6 Å². The molecule has 1 rings (SSSR count). The van der Waals surface area contributed by atoms with Crippen molar-refractivity contribution in [3.63, 3.8) is 0 Å². The van der Waals surface area contributed by atoms with Crippen LogP contribution in [0.2, 0.25) is 0 Å². The molecule has 5 heteroatoms. The third kappa shape index (κ3) is 2.41. The zero-order valence-electron chi connectivity index (χ0n) is 9.96. The quantitative estimate of drug-likeness (QED) is 0.666. The minimum atomic E-state index is -2.70. The Labute approximate surface area is 108 Å². The molecule has 0 aromatic carbocycles. The van der Waals surface area contributed by atoms with E-state index in [1.165, 1.54) is 19.2 Å². The highest BCUT2D eigenvalue weighted by atomic mass is 79.9. The van der Waals surface area contributed by atoms with Crippen molar-refractivity contribution >= 4 is 15.9 Å². The van der Waals surface area contributed by atoms with Crippen LogP contribution in [0, 0.1) is 6.92 Å². The Morgan fingerprint density at radius 2 is 2.06 bits per heavy atom. The van der Waals surface area contributed by atoms with Crippen LogP contribution in [0.1, 0.15) is 25.1 Å². The number of rotatable bonds is 3. The summed E-state index contributed by atoms with van der Waals surface area (Å²) < 4.78 is 15.0. The predicted octanol–water partition coefficient (Wildman–Crippen LogP) is 2.59. The van der Waals surface area contributed by atoms with Crippen LogP contribution in [-0.4, -0.2) is 20.9 Å². The molecule has 3 nitrogen and oxygen atoms in total. The van der Waals surface area contributed by atoms with Gasteiger partial charge < -0.3 is 10.2 Å². The molecule has 17 heavy (non-hydrogen) atoms. The summed E-state index contributed by atoms with van der Waals surface area (Å²) in [7, 11) is 0. The van der Waals surface area contributed by atoms with Crippen molar-refractivity contribution in [3.05, 3.63) is 40.1 Å². The molecule has 0 saturated carbocycles. The normalized spacial score (nSPS) is 15.5. The van der Waals surface area contributed by atoms with Gasteiger partial charge in [0.2, 0.25) is 5.79 Å². The van der Waals surface area contributed by atoms with E-state index in [2.05, 4.69) is 27.5 Å². The van der Waals surface area contributed by atoms with E-state index >= 15 is 0 Å². The molecular formula is C12H15BrFNO2. The number of nitrogens with zero attached hydrogens (tertiary/aromatic N) is 1. The van der Waals surface area contributed by atoms with E-state index < -0.39 is 11.5 Å². The van der Waals surface area contributed by atoms with Crippen LogP contribution >= 0.6 is 15.9 Å². The summed E-state index contributed by atoms with van der Waals surface area (Å²) in [6, 6.07) is 1.42. The first kappa shape index (κ1) is 14.3. The summed E-state index contributed by atoms with van der Waals surface area (Å²) in [5.41, 5.74) is -1.77. The molecule has 1 aromatic rings. The zero-order chi connectivity index (χ0) is 13.4. The second-order valence-corrected chi connectivity index (χ2v) is 5.13. The Hall–Kier alpha value is -0.780. The van der Waals surface area contributed by atoms with Gasteiger partial charge in [0, 0.05) is 10.7 Å². The zero-order valence-corrected chi connectivity index (χ0v) is 11.5. The van der Waals surface area contributed by atoms with E-state index in [-0.39, 0.29) is 11.3 Å². The monoisotopic (exact) mass is 303 g/mol. The molecule has 1 unspecified atom stereocenters. The highest BCUT2D eigenvalue weighted by Crippen LogP contribution is 2.38. The van der Waals surface area contributed by atoms with Gasteiger partial charge in [-0.05, 0) is 53.9 Å². The Morgan fingerprint density at radius 3 is 2.47 bits per heavy atom. The van der Waals surface area contributed by atoms with Crippen molar-refractivity contribution in [3.8, 4) is 0 Å². The lowest BCUT2D eigenvalue weighted by Crippen LogP contribution is -2.47. The number of halogens is 2. The number of pyridine rings is 1. The van der Waals surface area contributed by atoms with Gasteiger partial charge in [0.15, 0.2) is 5.67 Å². The lowest BCUT2D eigenvalue weighted by atomic mass is 9.87. The fourth-order valence-electron chi connectivity index (χ4n) is 1.27. The first-order chi connectivity index (χ1) is 7.60. The van der Waals surface area contributed by atoms with Crippen molar-refractivity contribution in [1.29, 1.82) is 0 Å². The largest absolute Gasteiger partial charge is 0.358 e. The Balaban J connectivity index is 3.30. The van der Waals surface area contributed by atoms with Gasteiger partial charge in [0.25, 0.3) is 0 Å². The van der Waals surface area contributed by atoms with Crippen molar-refractivity contribution < 1.29 is 14.6 Å². The van der Waals surface area contributed by atoms with E-state index in [4.69, 9.17) is 0 Å². The lowest BCUT2D eigenvalue weighted by molar-refractivity contribution is -0.243. The van der Waals surface area contributed by atoms with Crippen molar-refractivity contribution in [2.75, 3.05) is 0 Å². The number of alkyl halides is 1. The molecule has 2 N–H and O–H groups in total. The van der Waals surface area contributed by atoms with Gasteiger partial charge in [-0.2, -0.15) is 0 Å². The average Bonchev–Trinajstić information content (AvgIpc) is 2.21. The van der Waals surface area contributed by atoms with Crippen molar-refractivity contribution in [2.24, 2.45) is 0 Å².